The maximum absolute atomic E-state index is 12.0. The lowest BCUT2D eigenvalue weighted by Crippen LogP contribution is -2.13. The van der Waals surface area contributed by atoms with Gasteiger partial charge in [-0.3, -0.25) is 9.48 Å². The van der Waals surface area contributed by atoms with Crippen molar-refractivity contribution in [3.05, 3.63) is 41.2 Å². The zero-order valence-electron chi connectivity index (χ0n) is 10.9. The summed E-state index contributed by atoms with van der Waals surface area (Å²) in [5.74, 6) is -2.01. The Labute approximate surface area is 114 Å². The van der Waals surface area contributed by atoms with Crippen LogP contribution in [-0.4, -0.2) is 31.9 Å². The molecule has 2 aromatic rings. The first kappa shape index (κ1) is 13.6. The molecule has 1 aromatic carbocycles. The van der Waals surface area contributed by atoms with E-state index in [0.29, 0.717) is 16.9 Å². The molecule has 2 rings (SSSR count). The Morgan fingerprint density at radius 3 is 2.50 bits per heavy atom. The summed E-state index contributed by atoms with van der Waals surface area (Å²) in [5.41, 5.74) is 1.20. The number of hydrogen-bond donors (Lipinski definition) is 3. The topological polar surface area (TPSA) is 104 Å². The smallest absolute Gasteiger partial charge is 0.339 e. The SMILES string of the molecule is Cc1c(C(=O)Nc2ccc(C(=O)O)c(O)c2)cnn1C. The van der Waals surface area contributed by atoms with Crippen LogP contribution in [0.2, 0.25) is 0 Å². The predicted octanol–water partition coefficient (Wildman–Crippen LogP) is 1.38. The van der Waals surface area contributed by atoms with Crippen molar-refractivity contribution in [2.75, 3.05) is 5.32 Å². The number of carboxylic acid groups (broad SMARTS) is 1. The molecule has 0 spiro atoms. The second kappa shape index (κ2) is 5.04. The molecule has 0 radical (unpaired) electrons. The van der Waals surface area contributed by atoms with Gasteiger partial charge in [0.1, 0.15) is 11.3 Å². The van der Waals surface area contributed by atoms with E-state index in [0.717, 1.165) is 0 Å². The highest BCUT2D eigenvalue weighted by Gasteiger charge is 2.15. The highest BCUT2D eigenvalue weighted by molar-refractivity contribution is 6.05. The number of phenols is 1. The average molecular weight is 275 g/mol. The van der Waals surface area contributed by atoms with Crippen LogP contribution in [0.1, 0.15) is 26.4 Å². The van der Waals surface area contributed by atoms with E-state index in [9.17, 15) is 14.7 Å². The van der Waals surface area contributed by atoms with Crippen LogP contribution in [0.25, 0.3) is 0 Å². The normalized spacial score (nSPS) is 10.3. The number of benzene rings is 1. The number of aryl methyl sites for hydroxylation is 1. The van der Waals surface area contributed by atoms with Crippen LogP contribution in [0, 0.1) is 6.92 Å². The van der Waals surface area contributed by atoms with Crippen LogP contribution in [0.3, 0.4) is 0 Å². The molecule has 1 amide bonds. The summed E-state index contributed by atoms with van der Waals surface area (Å²) in [5, 5.41) is 24.9. The van der Waals surface area contributed by atoms with Gasteiger partial charge in [-0.05, 0) is 19.1 Å². The van der Waals surface area contributed by atoms with Crippen molar-refractivity contribution in [2.24, 2.45) is 7.05 Å². The lowest BCUT2D eigenvalue weighted by Gasteiger charge is -2.06. The highest BCUT2D eigenvalue weighted by Crippen LogP contribution is 2.22. The van der Waals surface area contributed by atoms with Crippen molar-refractivity contribution >= 4 is 17.6 Å². The quantitative estimate of drug-likeness (QED) is 0.785. The first-order valence-electron chi connectivity index (χ1n) is 5.76. The number of aromatic hydroxyl groups is 1. The molecule has 0 unspecified atom stereocenters. The molecule has 0 atom stereocenters. The zero-order chi connectivity index (χ0) is 14.9. The summed E-state index contributed by atoms with van der Waals surface area (Å²) in [6, 6.07) is 3.82. The second-order valence-corrected chi connectivity index (χ2v) is 4.26. The van der Waals surface area contributed by atoms with Gasteiger partial charge in [0.05, 0.1) is 11.8 Å². The standard InChI is InChI=1S/C13H13N3O4/c1-7-10(6-14-16(7)2)12(18)15-8-3-4-9(13(19)20)11(17)5-8/h3-6,17H,1-2H3,(H,15,18)(H,19,20). The number of nitrogens with zero attached hydrogens (tertiary/aromatic N) is 2. The molecule has 7 nitrogen and oxygen atoms in total. The number of aromatic carboxylic acids is 1. The molecule has 0 aliphatic heterocycles. The molecule has 0 bridgehead atoms. The minimum absolute atomic E-state index is 0.222. The molecule has 0 aliphatic carbocycles. The van der Waals surface area contributed by atoms with E-state index in [1.54, 1.807) is 18.7 Å². The first-order chi connectivity index (χ1) is 9.40. The van der Waals surface area contributed by atoms with Gasteiger partial charge in [-0.2, -0.15) is 5.10 Å². The number of hydrogen-bond acceptors (Lipinski definition) is 4. The van der Waals surface area contributed by atoms with Crippen LogP contribution in [-0.2, 0) is 7.05 Å². The van der Waals surface area contributed by atoms with Crippen molar-refractivity contribution in [3.8, 4) is 5.75 Å². The minimum atomic E-state index is -1.23. The molecule has 7 heteroatoms. The summed E-state index contributed by atoms with van der Waals surface area (Å²) < 4.78 is 1.57. The third-order valence-corrected chi connectivity index (χ3v) is 2.97. The van der Waals surface area contributed by atoms with E-state index in [2.05, 4.69) is 10.4 Å². The zero-order valence-corrected chi connectivity index (χ0v) is 10.9. The Balaban J connectivity index is 2.22. The molecule has 3 N–H and O–H groups in total. The van der Waals surface area contributed by atoms with E-state index in [-0.39, 0.29) is 11.5 Å². The van der Waals surface area contributed by atoms with Gasteiger partial charge in [0.15, 0.2) is 0 Å². The summed E-state index contributed by atoms with van der Waals surface area (Å²) >= 11 is 0. The van der Waals surface area contributed by atoms with E-state index in [1.165, 1.54) is 24.4 Å². The lowest BCUT2D eigenvalue weighted by molar-refractivity contribution is 0.0693. The Morgan fingerprint density at radius 2 is 2.00 bits per heavy atom. The van der Waals surface area contributed by atoms with E-state index >= 15 is 0 Å². The van der Waals surface area contributed by atoms with Gasteiger partial charge in [0, 0.05) is 24.5 Å². The fourth-order valence-electron chi connectivity index (χ4n) is 1.71. The number of carbonyl (C=O) groups is 2. The molecule has 0 saturated carbocycles. The first-order valence-corrected chi connectivity index (χ1v) is 5.76. The Morgan fingerprint density at radius 1 is 1.30 bits per heavy atom. The van der Waals surface area contributed by atoms with Crippen LogP contribution < -0.4 is 5.32 Å². The van der Waals surface area contributed by atoms with Crippen LogP contribution >= 0.6 is 0 Å². The Hall–Kier alpha value is -2.83. The lowest BCUT2D eigenvalue weighted by atomic mass is 10.1. The second-order valence-electron chi connectivity index (χ2n) is 4.26. The minimum Gasteiger partial charge on any atom is -0.507 e. The third kappa shape index (κ3) is 2.46. The summed E-state index contributed by atoms with van der Waals surface area (Å²) in [4.78, 5) is 22.8. The molecule has 1 aromatic heterocycles. The van der Waals surface area contributed by atoms with Gasteiger partial charge in [-0.25, -0.2) is 4.79 Å². The van der Waals surface area contributed by atoms with Crippen molar-refractivity contribution < 1.29 is 19.8 Å². The molecule has 1 heterocycles. The summed E-state index contributed by atoms with van der Waals surface area (Å²) in [6.07, 6.45) is 1.44. The monoisotopic (exact) mass is 275 g/mol. The summed E-state index contributed by atoms with van der Waals surface area (Å²) in [6.45, 7) is 1.76. The van der Waals surface area contributed by atoms with E-state index in [4.69, 9.17) is 5.11 Å². The van der Waals surface area contributed by atoms with E-state index in [1.807, 2.05) is 0 Å². The number of amides is 1. The molecule has 20 heavy (non-hydrogen) atoms. The Kier molecular flexibility index (Phi) is 3.43. The fraction of sp³-hybridized carbons (Fsp3) is 0.154. The molecule has 0 fully saturated rings. The van der Waals surface area contributed by atoms with Crippen LogP contribution in [0.4, 0.5) is 5.69 Å². The molecule has 104 valence electrons. The van der Waals surface area contributed by atoms with Crippen LogP contribution in [0.15, 0.2) is 24.4 Å². The predicted molar refractivity (Wildman–Crippen MR) is 71.0 cm³/mol. The van der Waals surface area contributed by atoms with Crippen molar-refractivity contribution in [1.82, 2.24) is 9.78 Å². The van der Waals surface area contributed by atoms with Crippen molar-refractivity contribution in [3.63, 3.8) is 0 Å². The van der Waals surface area contributed by atoms with Gasteiger partial charge in [0.2, 0.25) is 0 Å². The van der Waals surface area contributed by atoms with Gasteiger partial charge >= 0.3 is 5.97 Å². The molecule has 0 saturated heterocycles. The van der Waals surface area contributed by atoms with Crippen LogP contribution in [0.5, 0.6) is 5.75 Å². The average Bonchev–Trinajstić information content (AvgIpc) is 2.69. The largest absolute Gasteiger partial charge is 0.507 e. The van der Waals surface area contributed by atoms with E-state index < -0.39 is 11.7 Å². The number of aromatic nitrogens is 2. The van der Waals surface area contributed by atoms with Gasteiger partial charge in [-0.1, -0.05) is 0 Å². The summed E-state index contributed by atoms with van der Waals surface area (Å²) in [7, 11) is 1.72. The number of carboxylic acids is 1. The highest BCUT2D eigenvalue weighted by atomic mass is 16.4. The third-order valence-electron chi connectivity index (χ3n) is 2.97. The van der Waals surface area contributed by atoms with Crippen molar-refractivity contribution in [1.29, 1.82) is 0 Å². The van der Waals surface area contributed by atoms with Crippen molar-refractivity contribution in [2.45, 2.75) is 6.92 Å². The molecular formula is C13H13N3O4. The van der Waals surface area contributed by atoms with Gasteiger partial charge in [0.25, 0.3) is 5.91 Å². The van der Waals surface area contributed by atoms with Gasteiger partial charge < -0.3 is 15.5 Å². The number of rotatable bonds is 3. The molecular weight excluding hydrogens is 262 g/mol. The number of nitrogens with one attached hydrogen (secondary N) is 1. The maximum Gasteiger partial charge on any atom is 0.339 e. The van der Waals surface area contributed by atoms with Gasteiger partial charge in [-0.15, -0.1) is 0 Å². The number of carbonyl (C=O) groups excluding carboxylic acids is 1. The Bertz CT molecular complexity index is 691. The molecule has 0 aliphatic rings. The number of anilines is 1. The maximum atomic E-state index is 12.0. The fourth-order valence-corrected chi connectivity index (χ4v) is 1.71.